The largest absolute Gasteiger partial charge is 0.381 e. The Balaban J connectivity index is 1.30. The first-order chi connectivity index (χ1) is 12.3. The summed E-state index contributed by atoms with van der Waals surface area (Å²) in [6.07, 6.45) is 8.67. The van der Waals surface area contributed by atoms with E-state index in [1.54, 1.807) is 0 Å². The number of hydrogen-bond acceptors (Lipinski definition) is 5. The van der Waals surface area contributed by atoms with Gasteiger partial charge in [-0.15, -0.1) is 0 Å². The number of carbonyl (C=O) groups is 1. The molecule has 0 N–H and O–H groups in total. The number of aromatic nitrogens is 2. The summed E-state index contributed by atoms with van der Waals surface area (Å²) in [6.45, 7) is 5.51. The summed E-state index contributed by atoms with van der Waals surface area (Å²) in [5.41, 5.74) is 0. The summed E-state index contributed by atoms with van der Waals surface area (Å²) < 4.78 is 5.40. The Morgan fingerprint density at radius 2 is 1.68 bits per heavy atom. The lowest BCUT2D eigenvalue weighted by molar-refractivity contribution is -0.132. The molecule has 0 spiro atoms. The maximum Gasteiger partial charge on any atom is 0.225 e. The van der Waals surface area contributed by atoms with Crippen molar-refractivity contribution >= 4 is 11.9 Å². The van der Waals surface area contributed by atoms with Crippen molar-refractivity contribution in [3.05, 3.63) is 18.5 Å². The van der Waals surface area contributed by atoms with Crippen molar-refractivity contribution in [2.75, 3.05) is 44.3 Å². The molecule has 25 heavy (non-hydrogen) atoms. The van der Waals surface area contributed by atoms with Crippen molar-refractivity contribution in [3.63, 3.8) is 0 Å². The summed E-state index contributed by atoms with van der Waals surface area (Å²) >= 11 is 0. The fourth-order valence-corrected chi connectivity index (χ4v) is 4.53. The molecular formula is C19H28N4O2. The molecule has 1 aromatic rings. The van der Waals surface area contributed by atoms with Gasteiger partial charge in [-0.05, 0) is 49.5 Å². The zero-order valence-corrected chi connectivity index (χ0v) is 14.8. The Labute approximate surface area is 149 Å². The minimum absolute atomic E-state index is 0.364. The molecule has 4 rings (SSSR count). The summed E-state index contributed by atoms with van der Waals surface area (Å²) in [4.78, 5) is 25.9. The number of fused-ring (bicyclic) bond motifs is 1. The van der Waals surface area contributed by atoms with E-state index >= 15 is 0 Å². The fraction of sp³-hybridized carbons (Fsp3) is 0.737. The van der Waals surface area contributed by atoms with E-state index in [9.17, 15) is 4.79 Å². The maximum absolute atomic E-state index is 12.7. The van der Waals surface area contributed by atoms with E-state index in [2.05, 4.69) is 19.8 Å². The average Bonchev–Trinajstić information content (AvgIpc) is 2.97. The van der Waals surface area contributed by atoms with E-state index in [-0.39, 0.29) is 0 Å². The zero-order chi connectivity index (χ0) is 17.1. The van der Waals surface area contributed by atoms with E-state index in [0.717, 1.165) is 71.0 Å². The minimum Gasteiger partial charge on any atom is -0.381 e. The van der Waals surface area contributed by atoms with Crippen LogP contribution in [0.5, 0.6) is 0 Å². The number of rotatable bonds is 3. The van der Waals surface area contributed by atoms with Crippen molar-refractivity contribution in [2.24, 2.45) is 17.8 Å². The first-order valence-electron chi connectivity index (χ1n) is 9.67. The van der Waals surface area contributed by atoms with Crippen LogP contribution < -0.4 is 4.90 Å². The molecule has 0 saturated carbocycles. The lowest BCUT2D eigenvalue weighted by Crippen LogP contribution is -2.33. The topological polar surface area (TPSA) is 58.6 Å². The molecule has 1 amide bonds. The van der Waals surface area contributed by atoms with Gasteiger partial charge in [0, 0.05) is 58.2 Å². The summed E-state index contributed by atoms with van der Waals surface area (Å²) in [5, 5.41) is 0. The van der Waals surface area contributed by atoms with Crippen molar-refractivity contribution in [3.8, 4) is 0 Å². The van der Waals surface area contributed by atoms with Crippen LogP contribution in [-0.4, -0.2) is 60.2 Å². The highest BCUT2D eigenvalue weighted by atomic mass is 16.5. The lowest BCUT2D eigenvalue weighted by Gasteiger charge is -2.25. The van der Waals surface area contributed by atoms with Crippen molar-refractivity contribution in [1.82, 2.24) is 14.9 Å². The Morgan fingerprint density at radius 1 is 1.04 bits per heavy atom. The van der Waals surface area contributed by atoms with E-state index in [0.29, 0.717) is 30.1 Å². The predicted octanol–water partition coefficient (Wildman–Crippen LogP) is 1.97. The first-order valence-corrected chi connectivity index (χ1v) is 9.67. The third-order valence-corrected chi connectivity index (χ3v) is 6.11. The molecule has 6 nitrogen and oxygen atoms in total. The second-order valence-electron chi connectivity index (χ2n) is 7.69. The standard InChI is InChI=1S/C19H28N4O2/c24-18(12-15-4-10-25-11-5-15)23-13-16-2-8-22(9-3-17(16)14-23)19-20-6-1-7-21-19/h1,6-7,15-17H,2-5,8-14H2/t16-,17+. The molecule has 0 radical (unpaired) electrons. The maximum atomic E-state index is 12.7. The first kappa shape index (κ1) is 16.8. The molecule has 4 heterocycles. The van der Waals surface area contributed by atoms with Crippen molar-refractivity contribution < 1.29 is 9.53 Å². The highest BCUT2D eigenvalue weighted by Crippen LogP contribution is 2.33. The number of ether oxygens (including phenoxy) is 1. The van der Waals surface area contributed by atoms with Crippen LogP contribution in [0.3, 0.4) is 0 Å². The van der Waals surface area contributed by atoms with Crippen LogP contribution >= 0.6 is 0 Å². The van der Waals surface area contributed by atoms with Crippen LogP contribution in [0.2, 0.25) is 0 Å². The normalized spacial score (nSPS) is 27.8. The molecule has 3 saturated heterocycles. The SMILES string of the molecule is O=C(CC1CCOCC1)N1C[C@H]2CCN(c3ncccn3)CC[C@H]2C1. The molecule has 3 fully saturated rings. The van der Waals surface area contributed by atoms with Gasteiger partial charge in [-0.25, -0.2) is 9.97 Å². The smallest absolute Gasteiger partial charge is 0.225 e. The number of hydrogen-bond donors (Lipinski definition) is 0. The van der Waals surface area contributed by atoms with E-state index in [1.165, 1.54) is 0 Å². The number of anilines is 1. The highest BCUT2D eigenvalue weighted by Gasteiger charge is 2.37. The molecule has 0 unspecified atom stereocenters. The van der Waals surface area contributed by atoms with E-state index < -0.39 is 0 Å². The van der Waals surface area contributed by atoms with Crippen LogP contribution in [0.4, 0.5) is 5.95 Å². The summed E-state index contributed by atoms with van der Waals surface area (Å²) in [5.74, 6) is 3.00. The molecule has 0 aromatic carbocycles. The van der Waals surface area contributed by atoms with Gasteiger partial charge in [-0.1, -0.05) is 0 Å². The van der Waals surface area contributed by atoms with Crippen molar-refractivity contribution in [2.45, 2.75) is 32.1 Å². The van der Waals surface area contributed by atoms with Gasteiger partial charge in [0.15, 0.2) is 0 Å². The summed E-state index contributed by atoms with van der Waals surface area (Å²) in [6, 6.07) is 1.86. The molecule has 136 valence electrons. The Hall–Kier alpha value is -1.69. The third kappa shape index (κ3) is 3.94. The number of amides is 1. The summed E-state index contributed by atoms with van der Waals surface area (Å²) in [7, 11) is 0. The molecule has 0 aliphatic carbocycles. The number of nitrogens with zero attached hydrogens (tertiary/aromatic N) is 4. The monoisotopic (exact) mass is 344 g/mol. The van der Waals surface area contributed by atoms with E-state index in [4.69, 9.17) is 4.74 Å². The molecule has 0 bridgehead atoms. The van der Waals surface area contributed by atoms with Gasteiger partial charge < -0.3 is 14.5 Å². The van der Waals surface area contributed by atoms with Crippen LogP contribution in [-0.2, 0) is 9.53 Å². The van der Waals surface area contributed by atoms with Crippen LogP contribution in [0, 0.1) is 17.8 Å². The molecule has 6 heteroatoms. The average molecular weight is 344 g/mol. The minimum atomic E-state index is 0.364. The van der Waals surface area contributed by atoms with Gasteiger partial charge in [0.2, 0.25) is 11.9 Å². The van der Waals surface area contributed by atoms with Gasteiger partial charge >= 0.3 is 0 Å². The van der Waals surface area contributed by atoms with Crippen LogP contribution in [0.15, 0.2) is 18.5 Å². The van der Waals surface area contributed by atoms with E-state index in [1.807, 2.05) is 18.5 Å². The second-order valence-corrected chi connectivity index (χ2v) is 7.69. The molecule has 3 aliphatic heterocycles. The van der Waals surface area contributed by atoms with Gasteiger partial charge in [0.1, 0.15) is 0 Å². The molecule has 1 aromatic heterocycles. The Morgan fingerprint density at radius 3 is 2.32 bits per heavy atom. The highest BCUT2D eigenvalue weighted by molar-refractivity contribution is 5.76. The van der Waals surface area contributed by atoms with Crippen molar-refractivity contribution in [1.29, 1.82) is 0 Å². The molecule has 2 atom stereocenters. The Kier molecular flexibility index (Phi) is 5.15. The van der Waals surface area contributed by atoms with Gasteiger partial charge in [-0.2, -0.15) is 0 Å². The van der Waals surface area contributed by atoms with Crippen LogP contribution in [0.25, 0.3) is 0 Å². The second kappa shape index (κ2) is 7.68. The zero-order valence-electron chi connectivity index (χ0n) is 14.8. The number of carbonyl (C=O) groups excluding carboxylic acids is 1. The van der Waals surface area contributed by atoms with Gasteiger partial charge in [0.05, 0.1) is 0 Å². The predicted molar refractivity (Wildman–Crippen MR) is 95.2 cm³/mol. The fourth-order valence-electron chi connectivity index (χ4n) is 4.53. The number of likely N-dealkylation sites (tertiary alicyclic amines) is 1. The van der Waals surface area contributed by atoms with Gasteiger partial charge in [-0.3, -0.25) is 4.79 Å². The van der Waals surface area contributed by atoms with Crippen LogP contribution in [0.1, 0.15) is 32.1 Å². The third-order valence-electron chi connectivity index (χ3n) is 6.11. The van der Waals surface area contributed by atoms with Gasteiger partial charge in [0.25, 0.3) is 0 Å². The Bertz CT molecular complexity index is 560. The molecular weight excluding hydrogens is 316 g/mol. The molecule has 3 aliphatic rings. The lowest BCUT2D eigenvalue weighted by atomic mass is 9.92. The quantitative estimate of drug-likeness (QED) is 0.839.